The molecule has 12 heavy (non-hydrogen) atoms. The maximum absolute atomic E-state index is 10.9. The standard InChI is InChI=1S/C10H18O2/c1-2-3-5-9-6-4-7-10(11)12-8-9/h9H,2-8H2,1H3. The molecule has 0 spiro atoms. The van der Waals surface area contributed by atoms with Gasteiger partial charge in [0.05, 0.1) is 6.61 Å². The van der Waals surface area contributed by atoms with Crippen LogP contribution in [0.1, 0.15) is 45.4 Å². The minimum atomic E-state index is -0.00556. The minimum Gasteiger partial charge on any atom is -0.465 e. The zero-order valence-corrected chi connectivity index (χ0v) is 7.84. The molecule has 2 heteroatoms. The molecule has 0 bridgehead atoms. The van der Waals surface area contributed by atoms with Crippen LogP contribution in [-0.4, -0.2) is 12.6 Å². The largest absolute Gasteiger partial charge is 0.465 e. The molecule has 1 rings (SSSR count). The Morgan fingerprint density at radius 1 is 1.58 bits per heavy atom. The van der Waals surface area contributed by atoms with Crippen LogP contribution in [0, 0.1) is 5.92 Å². The highest BCUT2D eigenvalue weighted by Gasteiger charge is 2.16. The van der Waals surface area contributed by atoms with Crippen molar-refractivity contribution in [2.45, 2.75) is 45.4 Å². The van der Waals surface area contributed by atoms with E-state index >= 15 is 0 Å². The number of carbonyl (C=O) groups excluding carboxylic acids is 1. The lowest BCUT2D eigenvalue weighted by Crippen LogP contribution is -2.09. The molecule has 1 aliphatic heterocycles. The second kappa shape index (κ2) is 5.18. The quantitative estimate of drug-likeness (QED) is 0.608. The monoisotopic (exact) mass is 170 g/mol. The Kier molecular flexibility index (Phi) is 4.12. The smallest absolute Gasteiger partial charge is 0.305 e. The third kappa shape index (κ3) is 3.24. The molecule has 0 saturated carbocycles. The summed E-state index contributed by atoms with van der Waals surface area (Å²) in [5.41, 5.74) is 0. The highest BCUT2D eigenvalue weighted by Crippen LogP contribution is 2.19. The fourth-order valence-corrected chi connectivity index (χ4v) is 1.62. The summed E-state index contributed by atoms with van der Waals surface area (Å²) < 4.78 is 5.07. The molecule has 1 fully saturated rings. The minimum absolute atomic E-state index is 0.00556. The van der Waals surface area contributed by atoms with Crippen LogP contribution >= 0.6 is 0 Å². The predicted molar refractivity (Wildman–Crippen MR) is 47.8 cm³/mol. The van der Waals surface area contributed by atoms with E-state index in [-0.39, 0.29) is 5.97 Å². The van der Waals surface area contributed by atoms with E-state index in [9.17, 15) is 4.79 Å². The molecule has 0 aromatic carbocycles. The van der Waals surface area contributed by atoms with E-state index in [1.54, 1.807) is 0 Å². The fourth-order valence-electron chi connectivity index (χ4n) is 1.62. The predicted octanol–water partition coefficient (Wildman–Crippen LogP) is 2.52. The zero-order valence-electron chi connectivity index (χ0n) is 7.84. The first-order valence-corrected chi connectivity index (χ1v) is 4.98. The van der Waals surface area contributed by atoms with Gasteiger partial charge in [-0.15, -0.1) is 0 Å². The second-order valence-corrected chi connectivity index (χ2v) is 3.58. The molecule has 1 heterocycles. The van der Waals surface area contributed by atoms with E-state index < -0.39 is 0 Å². The first-order chi connectivity index (χ1) is 5.83. The molecule has 0 amide bonds. The van der Waals surface area contributed by atoms with Gasteiger partial charge in [-0.3, -0.25) is 4.79 Å². The zero-order chi connectivity index (χ0) is 8.81. The van der Waals surface area contributed by atoms with Gasteiger partial charge in [0, 0.05) is 6.42 Å². The van der Waals surface area contributed by atoms with Crippen LogP contribution in [0.2, 0.25) is 0 Å². The second-order valence-electron chi connectivity index (χ2n) is 3.58. The molecule has 0 aromatic heterocycles. The van der Waals surface area contributed by atoms with Crippen LogP contribution < -0.4 is 0 Å². The van der Waals surface area contributed by atoms with Crippen molar-refractivity contribution >= 4 is 5.97 Å². The Balaban J connectivity index is 2.21. The van der Waals surface area contributed by atoms with E-state index in [1.165, 1.54) is 25.7 Å². The van der Waals surface area contributed by atoms with E-state index in [2.05, 4.69) is 6.92 Å². The number of esters is 1. The molecule has 1 aliphatic rings. The summed E-state index contributed by atoms with van der Waals surface area (Å²) in [6, 6.07) is 0. The average Bonchev–Trinajstić information content (AvgIpc) is 2.27. The first kappa shape index (κ1) is 9.56. The molecule has 0 radical (unpaired) electrons. The van der Waals surface area contributed by atoms with E-state index in [4.69, 9.17) is 4.74 Å². The number of hydrogen-bond acceptors (Lipinski definition) is 2. The number of carbonyl (C=O) groups is 1. The lowest BCUT2D eigenvalue weighted by Gasteiger charge is -2.11. The lowest BCUT2D eigenvalue weighted by atomic mass is 9.98. The summed E-state index contributed by atoms with van der Waals surface area (Å²) in [5.74, 6) is 0.630. The van der Waals surface area contributed by atoms with Gasteiger partial charge in [0.15, 0.2) is 0 Å². The summed E-state index contributed by atoms with van der Waals surface area (Å²) >= 11 is 0. The van der Waals surface area contributed by atoms with Gasteiger partial charge in [0.2, 0.25) is 0 Å². The summed E-state index contributed by atoms with van der Waals surface area (Å²) in [6.07, 6.45) is 6.55. The van der Waals surface area contributed by atoms with Gasteiger partial charge in [-0.25, -0.2) is 0 Å². The lowest BCUT2D eigenvalue weighted by molar-refractivity contribution is -0.143. The molecule has 1 unspecified atom stereocenters. The Bertz CT molecular complexity index is 143. The van der Waals surface area contributed by atoms with Crippen molar-refractivity contribution in [1.82, 2.24) is 0 Å². The Morgan fingerprint density at radius 3 is 3.17 bits per heavy atom. The van der Waals surface area contributed by atoms with Crippen LogP contribution in [0.15, 0.2) is 0 Å². The van der Waals surface area contributed by atoms with Crippen LogP contribution in [0.5, 0.6) is 0 Å². The van der Waals surface area contributed by atoms with E-state index in [0.29, 0.717) is 18.9 Å². The average molecular weight is 170 g/mol. The molecule has 0 aromatic rings. The number of hydrogen-bond donors (Lipinski definition) is 0. The Labute approximate surface area is 74.3 Å². The van der Waals surface area contributed by atoms with Crippen LogP contribution in [0.4, 0.5) is 0 Å². The maximum atomic E-state index is 10.9. The topological polar surface area (TPSA) is 26.3 Å². The van der Waals surface area contributed by atoms with Crippen LogP contribution in [-0.2, 0) is 9.53 Å². The van der Waals surface area contributed by atoms with Crippen LogP contribution in [0.3, 0.4) is 0 Å². The summed E-state index contributed by atoms with van der Waals surface area (Å²) in [4.78, 5) is 10.9. The number of cyclic esters (lactones) is 1. The number of rotatable bonds is 3. The fraction of sp³-hybridized carbons (Fsp3) is 0.900. The molecular formula is C10H18O2. The van der Waals surface area contributed by atoms with Crippen molar-refractivity contribution in [3.63, 3.8) is 0 Å². The highest BCUT2D eigenvalue weighted by molar-refractivity contribution is 5.69. The van der Waals surface area contributed by atoms with Crippen molar-refractivity contribution in [2.75, 3.05) is 6.61 Å². The third-order valence-corrected chi connectivity index (χ3v) is 2.44. The number of ether oxygens (including phenoxy) is 1. The van der Waals surface area contributed by atoms with Gasteiger partial charge < -0.3 is 4.74 Å². The van der Waals surface area contributed by atoms with Gasteiger partial charge >= 0.3 is 5.97 Å². The molecule has 0 N–H and O–H groups in total. The van der Waals surface area contributed by atoms with E-state index in [1.807, 2.05) is 0 Å². The highest BCUT2D eigenvalue weighted by atomic mass is 16.5. The molecular weight excluding hydrogens is 152 g/mol. The Morgan fingerprint density at radius 2 is 2.42 bits per heavy atom. The van der Waals surface area contributed by atoms with Crippen molar-refractivity contribution in [3.8, 4) is 0 Å². The van der Waals surface area contributed by atoms with Gasteiger partial charge in [-0.2, -0.15) is 0 Å². The third-order valence-electron chi connectivity index (χ3n) is 2.44. The summed E-state index contributed by atoms with van der Waals surface area (Å²) in [6.45, 7) is 2.86. The molecule has 70 valence electrons. The maximum Gasteiger partial charge on any atom is 0.305 e. The SMILES string of the molecule is CCCCC1CCCC(=O)OC1. The van der Waals surface area contributed by atoms with Gasteiger partial charge in [0.1, 0.15) is 0 Å². The summed E-state index contributed by atoms with van der Waals surface area (Å²) in [5, 5.41) is 0. The van der Waals surface area contributed by atoms with Gasteiger partial charge in [0.25, 0.3) is 0 Å². The van der Waals surface area contributed by atoms with Crippen molar-refractivity contribution < 1.29 is 9.53 Å². The van der Waals surface area contributed by atoms with Crippen LogP contribution in [0.25, 0.3) is 0 Å². The Hall–Kier alpha value is -0.530. The van der Waals surface area contributed by atoms with Crippen molar-refractivity contribution in [2.24, 2.45) is 5.92 Å². The molecule has 2 nitrogen and oxygen atoms in total. The summed E-state index contributed by atoms with van der Waals surface area (Å²) in [7, 11) is 0. The van der Waals surface area contributed by atoms with E-state index in [0.717, 1.165) is 6.42 Å². The molecule has 1 saturated heterocycles. The van der Waals surface area contributed by atoms with Crippen molar-refractivity contribution in [3.05, 3.63) is 0 Å². The molecule has 1 atom stereocenters. The van der Waals surface area contributed by atoms with Gasteiger partial charge in [-0.05, 0) is 25.2 Å². The molecule has 0 aliphatic carbocycles. The first-order valence-electron chi connectivity index (χ1n) is 4.98. The number of unbranched alkanes of at least 4 members (excludes halogenated alkanes) is 1. The van der Waals surface area contributed by atoms with Crippen molar-refractivity contribution in [1.29, 1.82) is 0 Å². The normalized spacial score (nSPS) is 24.8. The van der Waals surface area contributed by atoms with Gasteiger partial charge in [-0.1, -0.05) is 19.8 Å².